The van der Waals surface area contributed by atoms with Crippen LogP contribution >= 0.6 is 0 Å². The van der Waals surface area contributed by atoms with Crippen molar-refractivity contribution in [2.75, 3.05) is 36.5 Å². The van der Waals surface area contributed by atoms with E-state index in [1.54, 1.807) is 0 Å². The van der Waals surface area contributed by atoms with Crippen LogP contribution in [0.5, 0.6) is 0 Å². The smallest absolute Gasteiger partial charge is 0.303 e. The van der Waals surface area contributed by atoms with E-state index in [9.17, 15) is 4.79 Å². The minimum absolute atomic E-state index is 0.239. The van der Waals surface area contributed by atoms with Crippen LogP contribution < -0.4 is 9.80 Å². The summed E-state index contributed by atoms with van der Waals surface area (Å²) in [5, 5.41) is 8.76. The molecule has 0 aliphatic carbocycles. The Labute approximate surface area is 114 Å². The number of carbonyl (C=O) groups is 1. The Morgan fingerprint density at radius 2 is 2.00 bits per heavy atom. The maximum absolute atomic E-state index is 10.6. The maximum atomic E-state index is 10.6. The molecule has 0 bridgehead atoms. The summed E-state index contributed by atoms with van der Waals surface area (Å²) in [4.78, 5) is 15.3. The van der Waals surface area contributed by atoms with Crippen molar-refractivity contribution in [1.29, 1.82) is 0 Å². The van der Waals surface area contributed by atoms with Crippen LogP contribution in [-0.2, 0) is 4.79 Å². The van der Waals surface area contributed by atoms with Crippen molar-refractivity contribution < 1.29 is 9.90 Å². The number of carboxylic acids is 1. The van der Waals surface area contributed by atoms with E-state index in [1.807, 2.05) is 6.07 Å². The zero-order valence-corrected chi connectivity index (χ0v) is 11.7. The second-order valence-electron chi connectivity index (χ2n) is 5.42. The summed E-state index contributed by atoms with van der Waals surface area (Å²) in [6.45, 7) is 5.07. The lowest BCUT2D eigenvalue weighted by molar-refractivity contribution is -0.137. The standard InChI is InChI=1S/C15H22N2O2/c1-12-10-16(2)13-6-3-4-7-14(13)17(11-12)9-5-8-15(18)19/h3-4,6-7,12H,5,8-11H2,1-2H3,(H,18,19). The molecule has 1 aliphatic heterocycles. The summed E-state index contributed by atoms with van der Waals surface area (Å²) in [5.74, 6) is -0.143. The Morgan fingerprint density at radius 1 is 1.32 bits per heavy atom. The fraction of sp³-hybridized carbons (Fsp3) is 0.533. The molecule has 2 rings (SSSR count). The van der Waals surface area contributed by atoms with E-state index in [0.29, 0.717) is 12.3 Å². The average molecular weight is 262 g/mol. The summed E-state index contributed by atoms with van der Waals surface area (Å²) in [6.07, 6.45) is 0.934. The zero-order valence-electron chi connectivity index (χ0n) is 11.7. The molecule has 0 amide bonds. The number of para-hydroxylation sites is 2. The van der Waals surface area contributed by atoms with Gasteiger partial charge in [-0.25, -0.2) is 0 Å². The monoisotopic (exact) mass is 262 g/mol. The predicted octanol–water partition coefficient (Wildman–Crippen LogP) is 2.44. The number of carboxylic acid groups (broad SMARTS) is 1. The molecule has 0 fully saturated rings. The van der Waals surface area contributed by atoms with Crippen LogP contribution in [0.2, 0.25) is 0 Å². The van der Waals surface area contributed by atoms with Crippen molar-refractivity contribution in [1.82, 2.24) is 0 Å². The molecule has 19 heavy (non-hydrogen) atoms. The second-order valence-corrected chi connectivity index (χ2v) is 5.42. The third-order valence-electron chi connectivity index (χ3n) is 3.57. The Hall–Kier alpha value is -1.71. The van der Waals surface area contributed by atoms with Crippen molar-refractivity contribution in [3.05, 3.63) is 24.3 Å². The third-order valence-corrected chi connectivity index (χ3v) is 3.57. The van der Waals surface area contributed by atoms with Gasteiger partial charge < -0.3 is 14.9 Å². The van der Waals surface area contributed by atoms with Crippen molar-refractivity contribution in [2.24, 2.45) is 5.92 Å². The molecule has 1 aromatic rings. The minimum Gasteiger partial charge on any atom is -0.481 e. The summed E-state index contributed by atoms with van der Waals surface area (Å²) in [7, 11) is 2.12. The summed E-state index contributed by atoms with van der Waals surface area (Å²) in [5.41, 5.74) is 2.46. The van der Waals surface area contributed by atoms with Crippen LogP contribution in [0, 0.1) is 5.92 Å². The number of nitrogens with zero attached hydrogens (tertiary/aromatic N) is 2. The fourth-order valence-corrected chi connectivity index (χ4v) is 2.79. The normalized spacial score (nSPS) is 18.9. The molecule has 4 heteroatoms. The van der Waals surface area contributed by atoms with Gasteiger partial charge in [0, 0.05) is 33.1 Å². The number of rotatable bonds is 4. The van der Waals surface area contributed by atoms with E-state index in [4.69, 9.17) is 5.11 Å². The molecule has 1 heterocycles. The lowest BCUT2D eigenvalue weighted by atomic mass is 10.1. The van der Waals surface area contributed by atoms with Crippen molar-refractivity contribution in [2.45, 2.75) is 19.8 Å². The van der Waals surface area contributed by atoms with Crippen molar-refractivity contribution >= 4 is 17.3 Å². The lowest BCUT2D eigenvalue weighted by Gasteiger charge is -2.26. The molecule has 1 N–H and O–H groups in total. The lowest BCUT2D eigenvalue weighted by Crippen LogP contribution is -2.30. The number of anilines is 2. The third kappa shape index (κ3) is 3.40. The van der Waals surface area contributed by atoms with Gasteiger partial charge >= 0.3 is 5.97 Å². The molecule has 0 saturated carbocycles. The Bertz CT molecular complexity index is 448. The summed E-state index contributed by atoms with van der Waals surface area (Å²) >= 11 is 0. The van der Waals surface area contributed by atoms with E-state index in [-0.39, 0.29) is 6.42 Å². The fourth-order valence-electron chi connectivity index (χ4n) is 2.79. The zero-order chi connectivity index (χ0) is 13.8. The van der Waals surface area contributed by atoms with Crippen LogP contribution in [0.1, 0.15) is 19.8 Å². The number of fused-ring (bicyclic) bond motifs is 1. The first-order valence-corrected chi connectivity index (χ1v) is 6.85. The molecule has 0 aromatic heterocycles. The largest absolute Gasteiger partial charge is 0.481 e. The molecule has 0 radical (unpaired) electrons. The Kier molecular flexibility index (Phi) is 4.30. The highest BCUT2D eigenvalue weighted by Crippen LogP contribution is 2.32. The van der Waals surface area contributed by atoms with Gasteiger partial charge in [-0.15, -0.1) is 0 Å². The van der Waals surface area contributed by atoms with Gasteiger partial charge in [0.2, 0.25) is 0 Å². The second kappa shape index (κ2) is 5.95. The number of benzene rings is 1. The van der Waals surface area contributed by atoms with Gasteiger partial charge in [-0.1, -0.05) is 19.1 Å². The van der Waals surface area contributed by atoms with Crippen LogP contribution in [0.25, 0.3) is 0 Å². The van der Waals surface area contributed by atoms with Gasteiger partial charge in [-0.3, -0.25) is 4.79 Å². The molecule has 0 spiro atoms. The highest BCUT2D eigenvalue weighted by atomic mass is 16.4. The van der Waals surface area contributed by atoms with Crippen LogP contribution in [0.15, 0.2) is 24.3 Å². The Balaban J connectivity index is 2.16. The molecule has 1 aliphatic rings. The molecule has 1 atom stereocenters. The van der Waals surface area contributed by atoms with E-state index < -0.39 is 5.97 Å². The first-order valence-electron chi connectivity index (χ1n) is 6.85. The van der Waals surface area contributed by atoms with E-state index in [1.165, 1.54) is 11.4 Å². The number of hydrogen-bond acceptors (Lipinski definition) is 3. The first kappa shape index (κ1) is 13.7. The molecule has 0 saturated heterocycles. The van der Waals surface area contributed by atoms with Crippen molar-refractivity contribution in [3.63, 3.8) is 0 Å². The quantitative estimate of drug-likeness (QED) is 0.905. The maximum Gasteiger partial charge on any atom is 0.303 e. The van der Waals surface area contributed by atoms with Gasteiger partial charge in [0.05, 0.1) is 11.4 Å². The van der Waals surface area contributed by atoms with E-state index in [0.717, 1.165) is 19.6 Å². The summed E-state index contributed by atoms with van der Waals surface area (Å²) in [6, 6.07) is 8.37. The van der Waals surface area contributed by atoms with Gasteiger partial charge in [-0.2, -0.15) is 0 Å². The Morgan fingerprint density at radius 3 is 2.68 bits per heavy atom. The molecule has 4 nitrogen and oxygen atoms in total. The molecular formula is C15H22N2O2. The highest BCUT2D eigenvalue weighted by molar-refractivity contribution is 5.72. The molecular weight excluding hydrogens is 240 g/mol. The SMILES string of the molecule is CC1CN(C)c2ccccc2N(CCCC(=O)O)C1. The van der Waals surface area contributed by atoms with Crippen LogP contribution in [0.3, 0.4) is 0 Å². The topological polar surface area (TPSA) is 43.8 Å². The van der Waals surface area contributed by atoms with E-state index >= 15 is 0 Å². The van der Waals surface area contributed by atoms with Gasteiger partial charge in [0.1, 0.15) is 0 Å². The van der Waals surface area contributed by atoms with E-state index in [2.05, 4.69) is 42.0 Å². The number of aliphatic carboxylic acids is 1. The minimum atomic E-state index is -0.715. The highest BCUT2D eigenvalue weighted by Gasteiger charge is 2.21. The first-order chi connectivity index (χ1) is 9.08. The van der Waals surface area contributed by atoms with Gasteiger partial charge in [0.15, 0.2) is 0 Å². The van der Waals surface area contributed by atoms with Crippen LogP contribution in [-0.4, -0.2) is 37.8 Å². The number of hydrogen-bond donors (Lipinski definition) is 1. The van der Waals surface area contributed by atoms with Crippen molar-refractivity contribution in [3.8, 4) is 0 Å². The van der Waals surface area contributed by atoms with Crippen LogP contribution in [0.4, 0.5) is 11.4 Å². The average Bonchev–Trinajstić information content (AvgIpc) is 2.47. The molecule has 1 aromatic carbocycles. The predicted molar refractivity (Wildman–Crippen MR) is 78.0 cm³/mol. The van der Waals surface area contributed by atoms with Gasteiger partial charge in [0.25, 0.3) is 0 Å². The summed E-state index contributed by atoms with van der Waals surface area (Å²) < 4.78 is 0. The molecule has 1 unspecified atom stereocenters. The van der Waals surface area contributed by atoms with Gasteiger partial charge in [-0.05, 0) is 24.5 Å². The molecule has 104 valence electrons.